The quantitative estimate of drug-likeness (QED) is 0.669. The Morgan fingerprint density at radius 3 is 2.61 bits per heavy atom. The minimum atomic E-state index is 0.1000. The van der Waals surface area contributed by atoms with Gasteiger partial charge in [-0.25, -0.2) is 4.98 Å². The molecule has 1 aromatic heterocycles. The summed E-state index contributed by atoms with van der Waals surface area (Å²) in [5, 5.41) is 4.83. The lowest BCUT2D eigenvalue weighted by Crippen LogP contribution is -2.43. The fourth-order valence-electron chi connectivity index (χ4n) is 4.34. The minimum Gasteiger partial charge on any atom is -0.363 e. The molecule has 1 aromatic carbocycles. The third-order valence-electron chi connectivity index (χ3n) is 5.93. The van der Waals surface area contributed by atoms with Crippen LogP contribution >= 0.6 is 23.2 Å². The van der Waals surface area contributed by atoms with Crippen LogP contribution in [0.25, 0.3) is 0 Å². The summed E-state index contributed by atoms with van der Waals surface area (Å²) < 4.78 is 0. The van der Waals surface area contributed by atoms with Gasteiger partial charge in [0.2, 0.25) is 0 Å². The zero-order valence-corrected chi connectivity index (χ0v) is 17.9. The molecule has 0 saturated heterocycles. The normalized spacial score (nSPS) is 19.4. The molecular formula is C22H26Cl2N4. The van der Waals surface area contributed by atoms with E-state index >= 15 is 0 Å². The van der Waals surface area contributed by atoms with Crippen LogP contribution in [0.2, 0.25) is 10.0 Å². The molecule has 0 radical (unpaired) electrons. The average molecular weight is 417 g/mol. The van der Waals surface area contributed by atoms with Crippen LogP contribution in [-0.2, 0) is 13.0 Å². The van der Waals surface area contributed by atoms with Crippen LogP contribution in [0.15, 0.2) is 35.5 Å². The fraction of sp³-hybridized carbons (Fsp3) is 0.455. The van der Waals surface area contributed by atoms with Crippen LogP contribution < -0.4 is 10.2 Å². The number of benzene rings is 1. The Hall–Kier alpha value is -1.78. The SMILES string of the molecule is CN(C)c1cc2c(cn1)CC1(CCCCC1)C(=NCc1ccc(Cl)c(Cl)c1)N2. The highest BCUT2D eigenvalue weighted by Crippen LogP contribution is 2.45. The smallest absolute Gasteiger partial charge is 0.130 e. The summed E-state index contributed by atoms with van der Waals surface area (Å²) in [6.07, 6.45) is 9.22. The maximum absolute atomic E-state index is 6.18. The van der Waals surface area contributed by atoms with E-state index in [0.29, 0.717) is 16.6 Å². The Kier molecular flexibility index (Phi) is 5.52. The second kappa shape index (κ2) is 7.92. The summed E-state index contributed by atoms with van der Waals surface area (Å²) >= 11 is 12.2. The lowest BCUT2D eigenvalue weighted by atomic mass is 9.67. The topological polar surface area (TPSA) is 40.5 Å². The number of nitrogens with zero attached hydrogens (tertiary/aromatic N) is 3. The van der Waals surface area contributed by atoms with Crippen molar-refractivity contribution < 1.29 is 0 Å². The second-order valence-electron chi connectivity index (χ2n) is 8.15. The molecule has 1 N–H and O–H groups in total. The molecule has 2 aromatic rings. The van der Waals surface area contributed by atoms with Gasteiger partial charge in [-0.15, -0.1) is 0 Å². The van der Waals surface area contributed by atoms with Gasteiger partial charge in [0.15, 0.2) is 0 Å². The highest BCUT2D eigenvalue weighted by molar-refractivity contribution is 6.42. The van der Waals surface area contributed by atoms with Gasteiger partial charge in [0, 0.05) is 37.5 Å². The van der Waals surface area contributed by atoms with E-state index in [0.717, 1.165) is 29.3 Å². The molecule has 0 unspecified atom stereocenters. The van der Waals surface area contributed by atoms with Crippen molar-refractivity contribution in [3.05, 3.63) is 51.6 Å². The van der Waals surface area contributed by atoms with Gasteiger partial charge in [0.05, 0.1) is 16.6 Å². The van der Waals surface area contributed by atoms with Crippen molar-refractivity contribution in [1.82, 2.24) is 4.98 Å². The molecule has 28 heavy (non-hydrogen) atoms. The summed E-state index contributed by atoms with van der Waals surface area (Å²) in [5.41, 5.74) is 3.59. The molecule has 1 aliphatic heterocycles. The van der Waals surface area contributed by atoms with Crippen LogP contribution in [0.4, 0.5) is 11.5 Å². The first-order valence-electron chi connectivity index (χ1n) is 9.89. The number of aromatic nitrogens is 1. The Bertz CT molecular complexity index is 901. The molecule has 2 heterocycles. The number of amidine groups is 1. The maximum atomic E-state index is 6.18. The Labute approximate surface area is 177 Å². The van der Waals surface area contributed by atoms with Gasteiger partial charge in [-0.3, -0.25) is 4.99 Å². The molecule has 1 spiro atoms. The van der Waals surface area contributed by atoms with Crippen LogP contribution in [0.5, 0.6) is 0 Å². The molecule has 1 saturated carbocycles. The van der Waals surface area contributed by atoms with E-state index in [-0.39, 0.29) is 5.41 Å². The van der Waals surface area contributed by atoms with Crippen LogP contribution in [0.3, 0.4) is 0 Å². The Balaban J connectivity index is 1.67. The van der Waals surface area contributed by atoms with E-state index < -0.39 is 0 Å². The summed E-state index contributed by atoms with van der Waals surface area (Å²) in [6.45, 7) is 0.599. The lowest BCUT2D eigenvalue weighted by molar-refractivity contribution is 0.278. The number of rotatable bonds is 3. The molecule has 6 heteroatoms. The summed E-state index contributed by atoms with van der Waals surface area (Å²) in [6, 6.07) is 7.87. The molecule has 4 rings (SSSR count). The van der Waals surface area contributed by atoms with Gasteiger partial charge in [-0.1, -0.05) is 48.5 Å². The molecule has 148 valence electrons. The van der Waals surface area contributed by atoms with Gasteiger partial charge in [0.25, 0.3) is 0 Å². The zero-order valence-electron chi connectivity index (χ0n) is 16.4. The highest BCUT2D eigenvalue weighted by atomic mass is 35.5. The van der Waals surface area contributed by atoms with Gasteiger partial charge in [-0.05, 0) is 42.5 Å². The number of hydrogen-bond acceptors (Lipinski definition) is 3. The molecular weight excluding hydrogens is 391 g/mol. The maximum Gasteiger partial charge on any atom is 0.130 e. The average Bonchev–Trinajstić information content (AvgIpc) is 2.69. The van der Waals surface area contributed by atoms with Crippen molar-refractivity contribution in [3.63, 3.8) is 0 Å². The number of nitrogens with one attached hydrogen (secondary N) is 1. The first-order valence-corrected chi connectivity index (χ1v) is 10.6. The van der Waals surface area contributed by atoms with Crippen LogP contribution in [0.1, 0.15) is 43.2 Å². The molecule has 1 fully saturated rings. The van der Waals surface area contributed by atoms with Crippen LogP contribution in [0, 0.1) is 5.41 Å². The molecule has 4 nitrogen and oxygen atoms in total. The van der Waals surface area contributed by atoms with E-state index in [1.807, 2.05) is 43.4 Å². The molecule has 2 aliphatic rings. The molecule has 0 atom stereocenters. The molecule has 0 bridgehead atoms. The first kappa shape index (κ1) is 19.5. The third-order valence-corrected chi connectivity index (χ3v) is 6.67. The van der Waals surface area contributed by atoms with Gasteiger partial charge in [0.1, 0.15) is 11.7 Å². The fourth-order valence-corrected chi connectivity index (χ4v) is 4.66. The van der Waals surface area contributed by atoms with E-state index in [1.54, 1.807) is 0 Å². The lowest BCUT2D eigenvalue weighted by Gasteiger charge is -2.42. The molecule has 0 amide bonds. The largest absolute Gasteiger partial charge is 0.363 e. The first-order chi connectivity index (χ1) is 13.5. The van der Waals surface area contributed by atoms with Crippen molar-refractivity contribution in [1.29, 1.82) is 0 Å². The molecule has 1 aliphatic carbocycles. The van der Waals surface area contributed by atoms with E-state index in [4.69, 9.17) is 28.2 Å². The number of aliphatic imine (C=N–C) groups is 1. The van der Waals surface area contributed by atoms with Crippen molar-refractivity contribution in [2.75, 3.05) is 24.3 Å². The number of halogens is 2. The van der Waals surface area contributed by atoms with Gasteiger partial charge >= 0.3 is 0 Å². The third kappa shape index (κ3) is 3.85. The van der Waals surface area contributed by atoms with Crippen molar-refractivity contribution in [2.24, 2.45) is 10.4 Å². The van der Waals surface area contributed by atoms with E-state index in [1.165, 1.54) is 37.7 Å². The van der Waals surface area contributed by atoms with Crippen molar-refractivity contribution in [2.45, 2.75) is 45.1 Å². The summed E-state index contributed by atoms with van der Waals surface area (Å²) in [4.78, 5) is 11.7. The van der Waals surface area contributed by atoms with Crippen LogP contribution in [-0.4, -0.2) is 24.9 Å². The Morgan fingerprint density at radius 2 is 1.89 bits per heavy atom. The van der Waals surface area contributed by atoms with Gasteiger partial charge < -0.3 is 10.2 Å². The summed E-state index contributed by atoms with van der Waals surface area (Å²) in [5.74, 6) is 2.07. The second-order valence-corrected chi connectivity index (χ2v) is 8.96. The van der Waals surface area contributed by atoms with Crippen molar-refractivity contribution >= 4 is 40.5 Å². The predicted molar refractivity (Wildman–Crippen MR) is 119 cm³/mol. The van der Waals surface area contributed by atoms with Gasteiger partial charge in [-0.2, -0.15) is 0 Å². The standard InChI is InChI=1S/C22H26Cl2N4/c1-28(2)20-11-19-16(14-25-20)12-22(8-4-3-5-9-22)21(27-19)26-13-15-6-7-17(23)18(24)10-15/h6-7,10-11,14H,3-5,8-9,12-13H2,1-2H3,(H,26,27). The number of fused-ring (bicyclic) bond motifs is 1. The Morgan fingerprint density at radius 1 is 1.11 bits per heavy atom. The predicted octanol–water partition coefficient (Wildman–Crippen LogP) is 5.97. The summed E-state index contributed by atoms with van der Waals surface area (Å²) in [7, 11) is 4.03. The number of pyridine rings is 1. The zero-order chi connectivity index (χ0) is 19.7. The number of anilines is 2. The number of hydrogen-bond donors (Lipinski definition) is 1. The van der Waals surface area contributed by atoms with E-state index in [9.17, 15) is 0 Å². The van der Waals surface area contributed by atoms with E-state index in [2.05, 4.69) is 16.4 Å². The monoisotopic (exact) mass is 416 g/mol. The van der Waals surface area contributed by atoms with Crippen molar-refractivity contribution in [3.8, 4) is 0 Å². The minimum absolute atomic E-state index is 0.1000. The highest BCUT2D eigenvalue weighted by Gasteiger charge is 2.41.